The van der Waals surface area contributed by atoms with Gasteiger partial charge in [0, 0.05) is 12.1 Å². The van der Waals surface area contributed by atoms with E-state index < -0.39 is 6.09 Å². The molecule has 3 aromatic carbocycles. The number of halogens is 1. The number of rotatable bonds is 4. The van der Waals surface area contributed by atoms with Crippen molar-refractivity contribution in [2.45, 2.75) is 40.2 Å². The third-order valence-corrected chi connectivity index (χ3v) is 6.35. The number of nitrogens with zero attached hydrogens (tertiary/aromatic N) is 2. The molecule has 0 aromatic heterocycles. The van der Waals surface area contributed by atoms with Crippen molar-refractivity contribution in [2.75, 3.05) is 23.0 Å². The maximum atomic E-state index is 13.8. The summed E-state index contributed by atoms with van der Waals surface area (Å²) < 4.78 is 19.1. The minimum Gasteiger partial charge on any atom is -0.449 e. The first-order valence-electron chi connectivity index (χ1n) is 11.6. The number of aryl methyl sites for hydroxylation is 2. The number of amides is 2. The van der Waals surface area contributed by atoms with Crippen LogP contribution < -0.4 is 9.80 Å². The topological polar surface area (TPSA) is 49.9 Å². The van der Waals surface area contributed by atoms with E-state index in [0.717, 1.165) is 16.7 Å². The van der Waals surface area contributed by atoms with Gasteiger partial charge in [-0.25, -0.2) is 9.18 Å². The lowest BCUT2D eigenvalue weighted by Gasteiger charge is -2.42. The van der Waals surface area contributed by atoms with E-state index in [1.807, 2.05) is 45.0 Å². The molecule has 34 heavy (non-hydrogen) atoms. The molecule has 1 heterocycles. The summed E-state index contributed by atoms with van der Waals surface area (Å²) in [4.78, 5) is 30.1. The highest BCUT2D eigenvalue weighted by Gasteiger charge is 2.37. The van der Waals surface area contributed by atoms with E-state index in [0.29, 0.717) is 35.5 Å². The van der Waals surface area contributed by atoms with Gasteiger partial charge in [-0.15, -0.1) is 0 Å². The second-order valence-corrected chi connectivity index (χ2v) is 8.56. The fourth-order valence-corrected chi connectivity index (χ4v) is 4.38. The van der Waals surface area contributed by atoms with Gasteiger partial charge in [0.2, 0.25) is 0 Å². The molecule has 1 atom stereocenters. The standard InChI is InChI=1S/C28H29FN2O3/c1-5-24-17-30(25-13-18(3)19(4)14-26(25)31(24)28(33)34-6-2)27(32)22-11-7-9-20(15-22)21-10-8-12-23(29)16-21/h7-16,24H,5-6,17H2,1-4H3. The van der Waals surface area contributed by atoms with E-state index in [4.69, 9.17) is 4.74 Å². The molecule has 176 valence electrons. The number of carbonyl (C=O) groups excluding carboxylic acids is 2. The van der Waals surface area contributed by atoms with Crippen molar-refractivity contribution < 1.29 is 18.7 Å². The monoisotopic (exact) mass is 460 g/mol. The van der Waals surface area contributed by atoms with Crippen LogP contribution in [0.1, 0.15) is 41.8 Å². The van der Waals surface area contributed by atoms with Crippen LogP contribution in [0.5, 0.6) is 0 Å². The van der Waals surface area contributed by atoms with Crippen LogP contribution >= 0.6 is 0 Å². The molecule has 0 aliphatic carbocycles. The molecule has 0 radical (unpaired) electrons. The lowest BCUT2D eigenvalue weighted by molar-refractivity contribution is 0.0981. The number of ether oxygens (including phenoxy) is 1. The predicted molar refractivity (Wildman–Crippen MR) is 133 cm³/mol. The minimum atomic E-state index is -0.404. The number of carbonyl (C=O) groups is 2. The average molecular weight is 461 g/mol. The van der Waals surface area contributed by atoms with Gasteiger partial charge in [0.1, 0.15) is 5.82 Å². The molecule has 1 aliphatic heterocycles. The van der Waals surface area contributed by atoms with Gasteiger partial charge in [-0.05, 0) is 85.8 Å². The zero-order chi connectivity index (χ0) is 24.4. The second kappa shape index (κ2) is 9.67. The molecule has 1 unspecified atom stereocenters. The normalized spacial score (nSPS) is 15.1. The summed E-state index contributed by atoms with van der Waals surface area (Å²) in [5.74, 6) is -0.486. The minimum absolute atomic E-state index is 0.162. The Bertz CT molecular complexity index is 1240. The molecule has 3 aromatic rings. The van der Waals surface area contributed by atoms with Gasteiger partial charge in [-0.3, -0.25) is 9.69 Å². The van der Waals surface area contributed by atoms with E-state index in [1.54, 1.807) is 41.0 Å². The predicted octanol–water partition coefficient (Wildman–Crippen LogP) is 6.51. The van der Waals surface area contributed by atoms with E-state index >= 15 is 0 Å². The fourth-order valence-electron chi connectivity index (χ4n) is 4.38. The van der Waals surface area contributed by atoms with Gasteiger partial charge in [0.25, 0.3) is 5.91 Å². The SMILES string of the molecule is CCOC(=O)N1c2cc(C)c(C)cc2N(C(=O)c2cccc(-c3cccc(F)c3)c2)CC1CC. The zero-order valence-corrected chi connectivity index (χ0v) is 20.0. The summed E-state index contributed by atoms with van der Waals surface area (Å²) in [5.41, 5.74) is 5.40. The Morgan fingerprint density at radius 1 is 0.941 bits per heavy atom. The van der Waals surface area contributed by atoms with Crippen molar-refractivity contribution in [3.05, 3.63) is 83.2 Å². The number of hydrogen-bond donors (Lipinski definition) is 0. The number of anilines is 2. The summed E-state index contributed by atoms with van der Waals surface area (Å²) in [5, 5.41) is 0. The molecule has 0 bridgehead atoms. The van der Waals surface area contributed by atoms with Gasteiger partial charge in [0.05, 0.1) is 24.0 Å². The highest BCUT2D eigenvalue weighted by atomic mass is 19.1. The lowest BCUT2D eigenvalue weighted by atomic mass is 9.98. The van der Waals surface area contributed by atoms with Crippen molar-refractivity contribution in [2.24, 2.45) is 0 Å². The third kappa shape index (κ3) is 4.40. The summed E-state index contributed by atoms with van der Waals surface area (Å²) in [6.07, 6.45) is 0.261. The Morgan fingerprint density at radius 3 is 2.24 bits per heavy atom. The van der Waals surface area contributed by atoms with E-state index in [1.165, 1.54) is 12.1 Å². The van der Waals surface area contributed by atoms with Crippen LogP contribution in [-0.4, -0.2) is 31.2 Å². The van der Waals surface area contributed by atoms with Gasteiger partial charge in [-0.1, -0.05) is 31.2 Å². The Hall–Kier alpha value is -3.67. The highest BCUT2D eigenvalue weighted by Crippen LogP contribution is 2.40. The summed E-state index contributed by atoms with van der Waals surface area (Å²) in [7, 11) is 0. The van der Waals surface area contributed by atoms with Crippen LogP contribution in [-0.2, 0) is 4.74 Å². The quantitative estimate of drug-likeness (QED) is 0.446. The molecule has 0 spiro atoms. The van der Waals surface area contributed by atoms with Crippen LogP contribution in [0.3, 0.4) is 0 Å². The molecular weight excluding hydrogens is 431 g/mol. The molecule has 2 amide bonds. The summed E-state index contributed by atoms with van der Waals surface area (Å²) in [6.45, 7) is 8.39. The molecule has 0 saturated heterocycles. The molecule has 4 rings (SSSR count). The first kappa shape index (κ1) is 23.5. The fraction of sp³-hybridized carbons (Fsp3) is 0.286. The lowest BCUT2D eigenvalue weighted by Crippen LogP contribution is -2.53. The van der Waals surface area contributed by atoms with Gasteiger partial charge < -0.3 is 9.64 Å². The first-order chi connectivity index (χ1) is 16.3. The molecule has 1 aliphatic rings. The van der Waals surface area contributed by atoms with Crippen molar-refractivity contribution in [3.63, 3.8) is 0 Å². The maximum Gasteiger partial charge on any atom is 0.414 e. The largest absolute Gasteiger partial charge is 0.449 e. The Balaban J connectivity index is 1.78. The smallest absolute Gasteiger partial charge is 0.414 e. The molecule has 0 fully saturated rings. The van der Waals surface area contributed by atoms with Crippen LogP contribution in [0.15, 0.2) is 60.7 Å². The zero-order valence-electron chi connectivity index (χ0n) is 20.0. The summed E-state index contributed by atoms with van der Waals surface area (Å²) >= 11 is 0. The Morgan fingerprint density at radius 2 is 1.59 bits per heavy atom. The van der Waals surface area contributed by atoms with Crippen LogP contribution in [0.2, 0.25) is 0 Å². The molecule has 0 saturated carbocycles. The number of benzene rings is 3. The third-order valence-electron chi connectivity index (χ3n) is 6.35. The van der Waals surface area contributed by atoms with Gasteiger partial charge in [0.15, 0.2) is 0 Å². The maximum absolute atomic E-state index is 13.8. The number of hydrogen-bond acceptors (Lipinski definition) is 3. The Kier molecular flexibility index (Phi) is 6.68. The van der Waals surface area contributed by atoms with E-state index in [2.05, 4.69) is 0 Å². The van der Waals surface area contributed by atoms with E-state index in [-0.39, 0.29) is 24.4 Å². The Labute approximate surface area is 199 Å². The molecule has 6 heteroatoms. The van der Waals surface area contributed by atoms with Crippen molar-refractivity contribution in [3.8, 4) is 11.1 Å². The van der Waals surface area contributed by atoms with Crippen molar-refractivity contribution >= 4 is 23.4 Å². The van der Waals surface area contributed by atoms with Gasteiger partial charge >= 0.3 is 6.09 Å². The van der Waals surface area contributed by atoms with Crippen molar-refractivity contribution in [1.29, 1.82) is 0 Å². The van der Waals surface area contributed by atoms with Crippen LogP contribution in [0, 0.1) is 19.7 Å². The molecule has 5 nitrogen and oxygen atoms in total. The van der Waals surface area contributed by atoms with Crippen LogP contribution in [0.4, 0.5) is 20.6 Å². The molecular formula is C28H29FN2O3. The van der Waals surface area contributed by atoms with Crippen LogP contribution in [0.25, 0.3) is 11.1 Å². The van der Waals surface area contributed by atoms with Gasteiger partial charge in [-0.2, -0.15) is 0 Å². The molecule has 0 N–H and O–H groups in total. The highest BCUT2D eigenvalue weighted by molar-refractivity contribution is 6.11. The summed E-state index contributed by atoms with van der Waals surface area (Å²) in [6, 6.07) is 17.2. The van der Waals surface area contributed by atoms with Crippen molar-refractivity contribution in [1.82, 2.24) is 0 Å². The first-order valence-corrected chi connectivity index (χ1v) is 11.6. The average Bonchev–Trinajstić information content (AvgIpc) is 2.83. The second-order valence-electron chi connectivity index (χ2n) is 8.56. The number of fused-ring (bicyclic) bond motifs is 1. The van der Waals surface area contributed by atoms with E-state index in [9.17, 15) is 14.0 Å².